The second-order valence-electron chi connectivity index (χ2n) is 6.57. The third kappa shape index (κ3) is 6.55. The molecular weight excluding hydrogens is 356 g/mol. The Morgan fingerprint density at radius 3 is 2.56 bits per heavy atom. The number of amides is 1. The number of anilines is 1. The first kappa shape index (κ1) is 19.5. The number of nitrogens with one attached hydrogen (secondary N) is 2. The average molecular weight is 381 g/mol. The van der Waals surface area contributed by atoms with Crippen LogP contribution in [0.4, 0.5) is 5.13 Å². The molecule has 6 nitrogen and oxygen atoms in total. The van der Waals surface area contributed by atoms with Gasteiger partial charge < -0.3 is 15.4 Å². The summed E-state index contributed by atoms with van der Waals surface area (Å²) in [5, 5.41) is 15.0. The minimum Gasteiger partial charge on any atom is -0.497 e. The fraction of sp³-hybridized carbons (Fsp3) is 0.471. The molecule has 1 aromatic carbocycles. The van der Waals surface area contributed by atoms with Crippen molar-refractivity contribution in [1.29, 1.82) is 0 Å². The van der Waals surface area contributed by atoms with Crippen LogP contribution >= 0.6 is 23.1 Å². The van der Waals surface area contributed by atoms with E-state index in [2.05, 4.69) is 20.8 Å². The van der Waals surface area contributed by atoms with Gasteiger partial charge in [-0.15, -0.1) is 10.2 Å². The van der Waals surface area contributed by atoms with Gasteiger partial charge in [0.1, 0.15) is 5.75 Å². The predicted molar refractivity (Wildman–Crippen MR) is 103 cm³/mol. The number of benzene rings is 1. The number of methoxy groups -OCH3 is 1. The second-order valence-corrected chi connectivity index (χ2v) is 9.14. The Morgan fingerprint density at radius 1 is 1.28 bits per heavy atom. The van der Waals surface area contributed by atoms with Gasteiger partial charge in [-0.05, 0) is 45.4 Å². The van der Waals surface area contributed by atoms with Gasteiger partial charge in [-0.3, -0.25) is 4.79 Å². The summed E-state index contributed by atoms with van der Waals surface area (Å²) < 4.78 is 5.92. The van der Waals surface area contributed by atoms with Gasteiger partial charge >= 0.3 is 0 Å². The van der Waals surface area contributed by atoms with Crippen LogP contribution in [0.5, 0.6) is 5.75 Å². The summed E-state index contributed by atoms with van der Waals surface area (Å²) in [6.45, 7) is 8.43. The summed E-state index contributed by atoms with van der Waals surface area (Å²) in [6, 6.07) is 7.85. The van der Waals surface area contributed by atoms with Crippen LogP contribution in [-0.2, 0) is 11.3 Å². The zero-order valence-corrected chi connectivity index (χ0v) is 16.8. The lowest BCUT2D eigenvalue weighted by molar-refractivity contribution is -0.121. The number of aromatic nitrogens is 2. The summed E-state index contributed by atoms with van der Waals surface area (Å²) in [6.07, 6.45) is 0. The Morgan fingerprint density at radius 2 is 1.96 bits per heavy atom. The van der Waals surface area contributed by atoms with E-state index in [1.54, 1.807) is 7.11 Å². The van der Waals surface area contributed by atoms with E-state index in [1.165, 1.54) is 23.1 Å². The number of hydrogen-bond donors (Lipinski definition) is 2. The van der Waals surface area contributed by atoms with Crippen LogP contribution in [0, 0.1) is 0 Å². The van der Waals surface area contributed by atoms with Crippen LogP contribution in [-0.4, -0.2) is 34.0 Å². The lowest BCUT2D eigenvalue weighted by Gasteiger charge is -2.22. The zero-order valence-electron chi connectivity index (χ0n) is 15.1. The molecule has 25 heavy (non-hydrogen) atoms. The van der Waals surface area contributed by atoms with Crippen LogP contribution in [0.15, 0.2) is 28.6 Å². The van der Waals surface area contributed by atoms with Gasteiger partial charge in [0.2, 0.25) is 11.0 Å². The maximum Gasteiger partial charge on any atom is 0.233 e. The molecule has 0 saturated carbocycles. The Balaban J connectivity index is 1.85. The van der Waals surface area contributed by atoms with Crippen molar-refractivity contribution in [2.24, 2.45) is 0 Å². The van der Waals surface area contributed by atoms with Gasteiger partial charge in [0.15, 0.2) is 4.34 Å². The summed E-state index contributed by atoms with van der Waals surface area (Å²) in [7, 11) is 1.65. The van der Waals surface area contributed by atoms with E-state index in [-0.39, 0.29) is 16.7 Å². The molecule has 0 aliphatic carbocycles. The predicted octanol–water partition coefficient (Wildman–Crippen LogP) is 3.55. The molecule has 0 fully saturated rings. The highest BCUT2D eigenvalue weighted by Crippen LogP contribution is 2.29. The molecule has 8 heteroatoms. The Bertz CT molecular complexity index is 695. The first-order valence-corrected chi connectivity index (χ1v) is 9.65. The maximum atomic E-state index is 12.1. The fourth-order valence-corrected chi connectivity index (χ4v) is 3.82. The van der Waals surface area contributed by atoms with Crippen molar-refractivity contribution in [2.45, 2.75) is 49.4 Å². The molecule has 2 N–H and O–H groups in total. The Kier molecular flexibility index (Phi) is 6.66. The molecular formula is C17H24N4O2S2. The number of carbonyl (C=O) groups excluding carboxylic acids is 1. The third-order valence-electron chi connectivity index (χ3n) is 3.15. The van der Waals surface area contributed by atoms with Gasteiger partial charge in [0.25, 0.3) is 0 Å². The van der Waals surface area contributed by atoms with Gasteiger partial charge in [-0.25, -0.2) is 0 Å². The van der Waals surface area contributed by atoms with E-state index >= 15 is 0 Å². The normalized spacial score (nSPS) is 12.5. The highest BCUT2D eigenvalue weighted by molar-refractivity contribution is 8.02. The lowest BCUT2D eigenvalue weighted by Crippen LogP contribution is -2.44. The summed E-state index contributed by atoms with van der Waals surface area (Å²) in [4.78, 5) is 12.1. The fourth-order valence-electron chi connectivity index (χ4n) is 1.93. The van der Waals surface area contributed by atoms with Crippen molar-refractivity contribution in [3.63, 3.8) is 0 Å². The highest BCUT2D eigenvalue weighted by atomic mass is 32.2. The molecule has 2 aromatic rings. The van der Waals surface area contributed by atoms with Crippen LogP contribution in [0.2, 0.25) is 0 Å². The molecule has 0 saturated heterocycles. The minimum absolute atomic E-state index is 0.000409. The molecule has 136 valence electrons. The maximum absolute atomic E-state index is 12.1. The highest BCUT2D eigenvalue weighted by Gasteiger charge is 2.21. The van der Waals surface area contributed by atoms with Crippen LogP contribution in [0.3, 0.4) is 0 Å². The molecule has 0 aliphatic rings. The number of carbonyl (C=O) groups is 1. The monoisotopic (exact) mass is 380 g/mol. The van der Waals surface area contributed by atoms with Gasteiger partial charge in [-0.1, -0.05) is 35.2 Å². The second kappa shape index (κ2) is 8.53. The standard InChI is InChI=1S/C17H24N4O2S2/c1-11(14(22)19-17(2,3)4)24-16-21-20-15(25-16)18-10-12-6-8-13(23-5)9-7-12/h6-9,11H,10H2,1-5H3,(H,18,20)(H,19,22)/t11-/m1/s1. The number of ether oxygens (including phenoxy) is 1. The molecule has 1 atom stereocenters. The van der Waals surface area contributed by atoms with Gasteiger partial charge in [-0.2, -0.15) is 0 Å². The summed E-state index contributed by atoms with van der Waals surface area (Å²) >= 11 is 2.86. The quantitative estimate of drug-likeness (QED) is 0.716. The number of thioether (sulfide) groups is 1. The van der Waals surface area contributed by atoms with Crippen molar-refractivity contribution in [1.82, 2.24) is 15.5 Å². The van der Waals surface area contributed by atoms with E-state index in [0.29, 0.717) is 6.54 Å². The molecule has 0 radical (unpaired) electrons. The molecule has 1 aromatic heterocycles. The average Bonchev–Trinajstić information content (AvgIpc) is 2.99. The first-order valence-electron chi connectivity index (χ1n) is 7.96. The van der Waals surface area contributed by atoms with Gasteiger partial charge in [0.05, 0.1) is 12.4 Å². The van der Waals surface area contributed by atoms with E-state index in [9.17, 15) is 4.79 Å². The molecule has 0 spiro atoms. The molecule has 1 heterocycles. The van der Waals surface area contributed by atoms with Crippen molar-refractivity contribution < 1.29 is 9.53 Å². The zero-order chi connectivity index (χ0) is 18.4. The summed E-state index contributed by atoms with van der Waals surface area (Å²) in [5.74, 6) is 0.835. The van der Waals surface area contributed by atoms with E-state index < -0.39 is 0 Å². The number of hydrogen-bond acceptors (Lipinski definition) is 7. The minimum atomic E-state index is -0.238. The van der Waals surface area contributed by atoms with E-state index in [0.717, 1.165) is 20.8 Å². The van der Waals surface area contributed by atoms with Gasteiger partial charge in [0, 0.05) is 12.1 Å². The molecule has 0 aliphatic heterocycles. The summed E-state index contributed by atoms with van der Waals surface area (Å²) in [5.41, 5.74) is 0.890. The van der Waals surface area contributed by atoms with E-state index in [1.807, 2.05) is 52.0 Å². The smallest absolute Gasteiger partial charge is 0.233 e. The Hall–Kier alpha value is -1.80. The third-order valence-corrected chi connectivity index (χ3v) is 5.22. The number of nitrogens with zero attached hydrogens (tertiary/aromatic N) is 2. The SMILES string of the molecule is COc1ccc(CNc2nnc(S[C@H](C)C(=O)NC(C)(C)C)s2)cc1. The van der Waals surface area contributed by atoms with Crippen molar-refractivity contribution in [3.05, 3.63) is 29.8 Å². The molecule has 0 bridgehead atoms. The molecule has 0 unspecified atom stereocenters. The van der Waals surface area contributed by atoms with Crippen LogP contribution < -0.4 is 15.4 Å². The van der Waals surface area contributed by atoms with Crippen molar-refractivity contribution >= 4 is 34.1 Å². The molecule has 2 rings (SSSR count). The Labute approximate surface area is 156 Å². The van der Waals surface area contributed by atoms with Crippen LogP contribution in [0.1, 0.15) is 33.3 Å². The first-order chi connectivity index (χ1) is 11.8. The largest absolute Gasteiger partial charge is 0.497 e. The van der Waals surface area contributed by atoms with Crippen molar-refractivity contribution in [2.75, 3.05) is 12.4 Å². The van der Waals surface area contributed by atoms with Crippen LogP contribution in [0.25, 0.3) is 0 Å². The molecule has 1 amide bonds. The van der Waals surface area contributed by atoms with Crippen molar-refractivity contribution in [3.8, 4) is 5.75 Å². The number of rotatable bonds is 7. The lowest BCUT2D eigenvalue weighted by atomic mass is 10.1. The van der Waals surface area contributed by atoms with E-state index in [4.69, 9.17) is 4.74 Å². The topological polar surface area (TPSA) is 76.1 Å².